The van der Waals surface area contributed by atoms with Crippen LogP contribution >= 0.6 is 0 Å². The minimum Gasteiger partial charge on any atom is -0.482 e. The zero-order valence-electron chi connectivity index (χ0n) is 14.3. The molecule has 0 fully saturated rings. The Morgan fingerprint density at radius 1 is 1.04 bits per heavy atom. The number of hydrogen-bond donors (Lipinski definition) is 1. The van der Waals surface area contributed by atoms with Gasteiger partial charge in [0, 0.05) is 11.8 Å². The third kappa shape index (κ3) is 4.66. The zero-order valence-corrected chi connectivity index (χ0v) is 14.3. The van der Waals surface area contributed by atoms with Crippen molar-refractivity contribution in [3.63, 3.8) is 0 Å². The average Bonchev–Trinajstić information content (AvgIpc) is 3.13. The molecule has 0 aromatic heterocycles. The molecule has 7 nitrogen and oxygen atoms in total. The maximum atomic E-state index is 11.9. The fourth-order valence-corrected chi connectivity index (χ4v) is 2.32. The summed E-state index contributed by atoms with van der Waals surface area (Å²) in [5, 5.41) is 2.62. The number of rotatable bonds is 7. The van der Waals surface area contributed by atoms with Crippen molar-refractivity contribution in [2.75, 3.05) is 25.3 Å². The highest BCUT2D eigenvalue weighted by Crippen LogP contribution is 2.34. The zero-order chi connectivity index (χ0) is 18.4. The lowest BCUT2D eigenvalue weighted by molar-refractivity contribution is -0.149. The van der Waals surface area contributed by atoms with E-state index < -0.39 is 18.5 Å². The normalized spacial score (nSPS) is 11.7. The molecule has 0 saturated carbocycles. The number of hydrogen-bond acceptors (Lipinski definition) is 6. The summed E-state index contributed by atoms with van der Waals surface area (Å²) in [6.07, 6.45) is 0.931. The summed E-state index contributed by atoms with van der Waals surface area (Å²) in [7, 11) is 0. The number of carbonyl (C=O) groups excluding carboxylic acids is 2. The highest BCUT2D eigenvalue weighted by molar-refractivity contribution is 5.93. The molecule has 1 amide bonds. The Hall–Kier alpha value is -3.22. The van der Waals surface area contributed by atoms with E-state index in [9.17, 15) is 9.59 Å². The summed E-state index contributed by atoms with van der Waals surface area (Å²) in [5.41, 5.74) is 1.71. The molecule has 2 aromatic rings. The fraction of sp³-hybridized carbons (Fsp3) is 0.263. The van der Waals surface area contributed by atoms with Gasteiger partial charge in [0.15, 0.2) is 24.7 Å². The molecule has 0 aliphatic carbocycles. The van der Waals surface area contributed by atoms with Crippen molar-refractivity contribution in [3.05, 3.63) is 48.0 Å². The van der Waals surface area contributed by atoms with E-state index >= 15 is 0 Å². The highest BCUT2D eigenvalue weighted by Gasteiger charge is 2.15. The maximum absolute atomic E-state index is 11.9. The number of carbonyl (C=O) groups is 2. The van der Waals surface area contributed by atoms with Gasteiger partial charge in [-0.25, -0.2) is 4.79 Å². The molecule has 0 bridgehead atoms. The van der Waals surface area contributed by atoms with Crippen LogP contribution in [0, 0.1) is 0 Å². The van der Waals surface area contributed by atoms with Gasteiger partial charge >= 0.3 is 5.97 Å². The molecule has 0 saturated heterocycles. The average molecular weight is 357 g/mol. The molecule has 0 radical (unpaired) electrons. The third-order valence-electron chi connectivity index (χ3n) is 3.71. The summed E-state index contributed by atoms with van der Waals surface area (Å²) in [4.78, 5) is 23.5. The molecule has 136 valence electrons. The van der Waals surface area contributed by atoms with Crippen molar-refractivity contribution < 1.29 is 28.5 Å². The van der Waals surface area contributed by atoms with Crippen molar-refractivity contribution in [3.8, 4) is 17.2 Å². The molecule has 2 aromatic carbocycles. The van der Waals surface area contributed by atoms with Gasteiger partial charge in [-0.2, -0.15) is 0 Å². The Morgan fingerprint density at radius 2 is 1.81 bits per heavy atom. The van der Waals surface area contributed by atoms with Crippen LogP contribution in [0.3, 0.4) is 0 Å². The van der Waals surface area contributed by atoms with Gasteiger partial charge in [0.2, 0.25) is 6.79 Å². The van der Waals surface area contributed by atoms with Crippen LogP contribution in [0.2, 0.25) is 0 Å². The summed E-state index contributed by atoms with van der Waals surface area (Å²) in [5.74, 6) is 0.680. The quantitative estimate of drug-likeness (QED) is 0.767. The molecule has 0 atom stereocenters. The minimum atomic E-state index is -0.620. The molecular formula is C19H19NO6. The number of nitrogens with one attached hydrogen (secondary N) is 1. The van der Waals surface area contributed by atoms with E-state index in [1.807, 2.05) is 12.1 Å². The lowest BCUT2D eigenvalue weighted by Gasteiger charge is -2.08. The molecule has 3 rings (SSSR count). The van der Waals surface area contributed by atoms with Crippen LogP contribution in [0.1, 0.15) is 12.5 Å². The van der Waals surface area contributed by atoms with Crippen molar-refractivity contribution >= 4 is 17.6 Å². The van der Waals surface area contributed by atoms with Gasteiger partial charge in [-0.05, 0) is 36.2 Å². The van der Waals surface area contributed by atoms with E-state index in [1.54, 1.807) is 30.3 Å². The van der Waals surface area contributed by atoms with Gasteiger partial charge in [-0.15, -0.1) is 0 Å². The van der Waals surface area contributed by atoms with Crippen LogP contribution < -0.4 is 19.5 Å². The van der Waals surface area contributed by atoms with Crippen molar-refractivity contribution in [2.45, 2.75) is 13.3 Å². The van der Waals surface area contributed by atoms with Gasteiger partial charge in [-0.1, -0.05) is 19.1 Å². The number of esters is 1. The van der Waals surface area contributed by atoms with Crippen LogP contribution in [0.25, 0.3) is 0 Å². The van der Waals surface area contributed by atoms with Crippen molar-refractivity contribution in [2.24, 2.45) is 0 Å². The topological polar surface area (TPSA) is 83.1 Å². The summed E-state index contributed by atoms with van der Waals surface area (Å²) in [6.45, 7) is 1.56. The number of ether oxygens (including phenoxy) is 4. The molecule has 0 unspecified atom stereocenters. The first kappa shape index (κ1) is 17.6. The first-order valence-electron chi connectivity index (χ1n) is 8.21. The number of aryl methyl sites for hydroxylation is 1. The van der Waals surface area contributed by atoms with Gasteiger partial charge in [0.25, 0.3) is 5.91 Å². The second-order valence-corrected chi connectivity index (χ2v) is 5.56. The largest absolute Gasteiger partial charge is 0.482 e. The van der Waals surface area contributed by atoms with Crippen LogP contribution in [-0.2, 0) is 20.7 Å². The number of benzene rings is 2. The fourth-order valence-electron chi connectivity index (χ4n) is 2.32. The Bertz CT molecular complexity index is 787. The van der Waals surface area contributed by atoms with Gasteiger partial charge in [0.05, 0.1) is 0 Å². The van der Waals surface area contributed by atoms with Crippen molar-refractivity contribution in [1.29, 1.82) is 0 Å². The van der Waals surface area contributed by atoms with E-state index in [-0.39, 0.29) is 13.4 Å². The number of fused-ring (bicyclic) bond motifs is 1. The SMILES string of the molecule is CCc1ccc(OCC(=O)OCC(=O)Nc2ccc3c(c2)OCO3)cc1. The maximum Gasteiger partial charge on any atom is 0.344 e. The Kier molecular flexibility index (Phi) is 5.58. The smallest absolute Gasteiger partial charge is 0.344 e. The molecule has 1 aliphatic rings. The van der Waals surface area contributed by atoms with Gasteiger partial charge < -0.3 is 24.3 Å². The lowest BCUT2D eigenvalue weighted by atomic mass is 10.2. The highest BCUT2D eigenvalue weighted by atomic mass is 16.7. The Balaban J connectivity index is 1.40. The Morgan fingerprint density at radius 3 is 2.58 bits per heavy atom. The Labute approximate surface area is 150 Å². The molecule has 0 spiro atoms. The van der Waals surface area contributed by atoms with Gasteiger partial charge in [0.1, 0.15) is 5.75 Å². The van der Waals surface area contributed by atoms with E-state index in [1.165, 1.54) is 5.56 Å². The molecule has 7 heteroatoms. The predicted molar refractivity (Wildman–Crippen MR) is 93.5 cm³/mol. The van der Waals surface area contributed by atoms with Gasteiger partial charge in [-0.3, -0.25) is 4.79 Å². The summed E-state index contributed by atoms with van der Waals surface area (Å²) >= 11 is 0. The van der Waals surface area contributed by atoms with Crippen LogP contribution in [0.5, 0.6) is 17.2 Å². The number of amides is 1. The van der Waals surface area contributed by atoms with E-state index in [0.717, 1.165) is 6.42 Å². The summed E-state index contributed by atoms with van der Waals surface area (Å²) in [6, 6.07) is 12.5. The van der Waals surface area contributed by atoms with E-state index in [4.69, 9.17) is 18.9 Å². The first-order valence-corrected chi connectivity index (χ1v) is 8.21. The number of anilines is 1. The second-order valence-electron chi connectivity index (χ2n) is 5.56. The predicted octanol–water partition coefficient (Wildman–Crippen LogP) is 2.54. The summed E-state index contributed by atoms with van der Waals surface area (Å²) < 4.78 is 20.7. The lowest BCUT2D eigenvalue weighted by Crippen LogP contribution is -2.23. The monoisotopic (exact) mass is 357 g/mol. The molecule has 1 aliphatic heterocycles. The van der Waals surface area contributed by atoms with E-state index in [2.05, 4.69) is 12.2 Å². The standard InChI is InChI=1S/C19H19NO6/c1-2-13-3-6-15(7-4-13)23-11-19(22)24-10-18(21)20-14-5-8-16-17(9-14)26-12-25-16/h3-9H,2,10-12H2,1H3,(H,20,21). The second kappa shape index (κ2) is 8.24. The molecule has 1 heterocycles. The minimum absolute atomic E-state index is 0.158. The third-order valence-corrected chi connectivity index (χ3v) is 3.71. The first-order chi connectivity index (χ1) is 12.6. The van der Waals surface area contributed by atoms with Crippen LogP contribution in [0.15, 0.2) is 42.5 Å². The molecular weight excluding hydrogens is 338 g/mol. The molecule has 1 N–H and O–H groups in total. The van der Waals surface area contributed by atoms with E-state index in [0.29, 0.717) is 22.9 Å². The van der Waals surface area contributed by atoms with Crippen molar-refractivity contribution in [1.82, 2.24) is 0 Å². The van der Waals surface area contributed by atoms with Crippen LogP contribution in [-0.4, -0.2) is 31.9 Å². The van der Waals surface area contributed by atoms with Crippen LogP contribution in [0.4, 0.5) is 5.69 Å². The molecule has 26 heavy (non-hydrogen) atoms.